The molecule has 0 fully saturated rings. The maximum atomic E-state index is 10.2. The average Bonchev–Trinajstić information content (AvgIpc) is 3.13. The SMILES string of the molecule is COc1ccc(C(C#N)(Cn2ccnc2)c2ccc(C)cc2Cl)cc1. The van der Waals surface area contributed by atoms with Crippen molar-refractivity contribution in [2.75, 3.05) is 7.11 Å². The Labute approximate surface area is 152 Å². The molecule has 25 heavy (non-hydrogen) atoms. The van der Waals surface area contributed by atoms with Crippen molar-refractivity contribution in [2.45, 2.75) is 18.9 Å². The minimum absolute atomic E-state index is 0.415. The zero-order valence-electron chi connectivity index (χ0n) is 14.1. The molecule has 0 aliphatic carbocycles. The molecule has 126 valence electrons. The van der Waals surface area contributed by atoms with Gasteiger partial charge in [0.15, 0.2) is 0 Å². The van der Waals surface area contributed by atoms with Crippen molar-refractivity contribution >= 4 is 11.6 Å². The van der Waals surface area contributed by atoms with E-state index in [-0.39, 0.29) is 0 Å². The number of nitriles is 1. The highest BCUT2D eigenvalue weighted by molar-refractivity contribution is 6.31. The van der Waals surface area contributed by atoms with Gasteiger partial charge in [-0.3, -0.25) is 0 Å². The Morgan fingerprint density at radius 1 is 1.24 bits per heavy atom. The first-order valence-electron chi connectivity index (χ1n) is 7.87. The van der Waals surface area contributed by atoms with Gasteiger partial charge in [0, 0.05) is 17.4 Å². The van der Waals surface area contributed by atoms with Crippen molar-refractivity contribution in [2.24, 2.45) is 0 Å². The van der Waals surface area contributed by atoms with Gasteiger partial charge in [0.25, 0.3) is 0 Å². The van der Waals surface area contributed by atoms with E-state index in [1.54, 1.807) is 19.6 Å². The van der Waals surface area contributed by atoms with Gasteiger partial charge >= 0.3 is 0 Å². The first-order chi connectivity index (χ1) is 12.1. The molecule has 0 spiro atoms. The smallest absolute Gasteiger partial charge is 0.126 e. The van der Waals surface area contributed by atoms with Crippen LogP contribution in [0.5, 0.6) is 5.75 Å². The summed E-state index contributed by atoms with van der Waals surface area (Å²) < 4.78 is 7.13. The summed E-state index contributed by atoms with van der Waals surface area (Å²) in [5.41, 5.74) is 1.76. The zero-order chi connectivity index (χ0) is 17.9. The van der Waals surface area contributed by atoms with Crippen LogP contribution in [0.1, 0.15) is 16.7 Å². The molecule has 0 N–H and O–H groups in total. The van der Waals surface area contributed by atoms with Gasteiger partial charge in [-0.1, -0.05) is 35.9 Å². The number of rotatable bonds is 5. The minimum atomic E-state index is -0.933. The second-order valence-corrected chi connectivity index (χ2v) is 6.37. The Morgan fingerprint density at radius 3 is 2.56 bits per heavy atom. The zero-order valence-corrected chi connectivity index (χ0v) is 14.9. The lowest BCUT2D eigenvalue weighted by molar-refractivity contribution is 0.414. The molecular formula is C20H18ClN3O. The molecule has 0 saturated carbocycles. The molecule has 0 aliphatic rings. The first kappa shape index (κ1) is 17.1. The number of methoxy groups -OCH3 is 1. The fourth-order valence-corrected chi connectivity index (χ4v) is 3.38. The molecule has 0 radical (unpaired) electrons. The number of ether oxygens (including phenoxy) is 1. The van der Waals surface area contributed by atoms with Crippen LogP contribution in [0.3, 0.4) is 0 Å². The number of aryl methyl sites for hydroxylation is 1. The molecule has 3 rings (SSSR count). The Hall–Kier alpha value is -2.77. The maximum absolute atomic E-state index is 10.2. The summed E-state index contributed by atoms with van der Waals surface area (Å²) in [6.45, 7) is 2.39. The largest absolute Gasteiger partial charge is 0.497 e. The van der Waals surface area contributed by atoms with Crippen LogP contribution in [-0.4, -0.2) is 16.7 Å². The van der Waals surface area contributed by atoms with E-state index >= 15 is 0 Å². The normalized spacial score (nSPS) is 13.0. The highest BCUT2D eigenvalue weighted by Gasteiger charge is 2.37. The van der Waals surface area contributed by atoms with Gasteiger partial charge < -0.3 is 9.30 Å². The van der Waals surface area contributed by atoms with E-state index in [1.807, 2.05) is 60.2 Å². The summed E-state index contributed by atoms with van der Waals surface area (Å²) >= 11 is 6.54. The molecule has 4 nitrogen and oxygen atoms in total. The summed E-state index contributed by atoms with van der Waals surface area (Å²) in [6, 6.07) is 15.9. The topological polar surface area (TPSA) is 50.8 Å². The van der Waals surface area contributed by atoms with Crippen LogP contribution in [0.15, 0.2) is 61.2 Å². The monoisotopic (exact) mass is 351 g/mol. The van der Waals surface area contributed by atoms with Crippen LogP contribution in [0.2, 0.25) is 5.02 Å². The number of hydrogen-bond acceptors (Lipinski definition) is 3. The lowest BCUT2D eigenvalue weighted by Gasteiger charge is -2.29. The molecule has 0 amide bonds. The van der Waals surface area contributed by atoms with Crippen molar-refractivity contribution in [3.63, 3.8) is 0 Å². The predicted octanol–water partition coefficient (Wildman–Crippen LogP) is 4.36. The quantitative estimate of drug-likeness (QED) is 0.686. The molecule has 1 heterocycles. The number of halogens is 1. The van der Waals surface area contributed by atoms with Gasteiger partial charge in [-0.05, 0) is 41.8 Å². The second kappa shape index (κ2) is 7.00. The summed E-state index contributed by atoms with van der Waals surface area (Å²) in [7, 11) is 1.62. The Bertz CT molecular complexity index is 898. The van der Waals surface area contributed by atoms with Crippen molar-refractivity contribution in [1.82, 2.24) is 9.55 Å². The van der Waals surface area contributed by atoms with Crippen LogP contribution in [-0.2, 0) is 12.0 Å². The summed E-state index contributed by atoms with van der Waals surface area (Å²) in [6.07, 6.45) is 5.25. The molecule has 0 aliphatic heterocycles. The third-order valence-corrected chi connectivity index (χ3v) is 4.65. The molecule has 1 unspecified atom stereocenters. The fraction of sp³-hybridized carbons (Fsp3) is 0.200. The van der Waals surface area contributed by atoms with Gasteiger partial charge in [0.05, 0.1) is 26.1 Å². The van der Waals surface area contributed by atoms with Crippen LogP contribution >= 0.6 is 11.6 Å². The molecule has 0 saturated heterocycles. The summed E-state index contributed by atoms with van der Waals surface area (Å²) in [4.78, 5) is 4.09. The van der Waals surface area contributed by atoms with Crippen LogP contribution in [0.25, 0.3) is 0 Å². The van der Waals surface area contributed by atoms with E-state index in [2.05, 4.69) is 11.1 Å². The highest BCUT2D eigenvalue weighted by atomic mass is 35.5. The molecule has 2 aromatic carbocycles. The minimum Gasteiger partial charge on any atom is -0.497 e. The van der Waals surface area contributed by atoms with Gasteiger partial charge in [-0.2, -0.15) is 5.26 Å². The van der Waals surface area contributed by atoms with E-state index in [9.17, 15) is 5.26 Å². The van der Waals surface area contributed by atoms with Crippen molar-refractivity contribution < 1.29 is 4.74 Å². The van der Waals surface area contributed by atoms with E-state index < -0.39 is 5.41 Å². The summed E-state index contributed by atoms with van der Waals surface area (Å²) in [5.74, 6) is 0.744. The number of benzene rings is 2. The molecular weight excluding hydrogens is 334 g/mol. The highest BCUT2D eigenvalue weighted by Crippen LogP contribution is 2.38. The van der Waals surface area contributed by atoms with Crippen LogP contribution < -0.4 is 4.74 Å². The third-order valence-electron chi connectivity index (χ3n) is 4.34. The molecule has 3 aromatic rings. The number of nitrogens with zero attached hydrogens (tertiary/aromatic N) is 3. The molecule has 0 bridgehead atoms. The lowest BCUT2D eigenvalue weighted by Crippen LogP contribution is -2.31. The van der Waals surface area contributed by atoms with E-state index in [4.69, 9.17) is 16.3 Å². The van der Waals surface area contributed by atoms with E-state index in [0.717, 1.165) is 22.4 Å². The molecule has 1 atom stereocenters. The standard InChI is InChI=1S/C20H18ClN3O/c1-15-3-8-18(19(21)11-15)20(12-22,13-24-10-9-23-14-24)16-4-6-17(25-2)7-5-16/h3-11,14H,13H2,1-2H3. The lowest BCUT2D eigenvalue weighted by atomic mass is 9.75. The van der Waals surface area contributed by atoms with Gasteiger partial charge in [-0.15, -0.1) is 0 Å². The van der Waals surface area contributed by atoms with Gasteiger partial charge in [0.1, 0.15) is 11.2 Å². The molecule has 1 aromatic heterocycles. The maximum Gasteiger partial charge on any atom is 0.126 e. The van der Waals surface area contributed by atoms with E-state index in [0.29, 0.717) is 11.6 Å². The second-order valence-electron chi connectivity index (χ2n) is 5.96. The number of hydrogen-bond donors (Lipinski definition) is 0. The van der Waals surface area contributed by atoms with Crippen molar-refractivity contribution in [3.8, 4) is 11.8 Å². The Morgan fingerprint density at radius 2 is 2.00 bits per heavy atom. The first-order valence-corrected chi connectivity index (χ1v) is 8.25. The Kier molecular flexibility index (Phi) is 4.78. The number of imidazole rings is 1. The van der Waals surface area contributed by atoms with Crippen LogP contribution in [0.4, 0.5) is 0 Å². The third kappa shape index (κ3) is 3.24. The van der Waals surface area contributed by atoms with Crippen molar-refractivity contribution in [3.05, 3.63) is 82.9 Å². The van der Waals surface area contributed by atoms with Gasteiger partial charge in [0.2, 0.25) is 0 Å². The number of aromatic nitrogens is 2. The van der Waals surface area contributed by atoms with Crippen molar-refractivity contribution in [1.29, 1.82) is 5.26 Å². The van der Waals surface area contributed by atoms with Crippen LogP contribution in [0, 0.1) is 18.3 Å². The van der Waals surface area contributed by atoms with E-state index in [1.165, 1.54) is 0 Å². The Balaban J connectivity index is 2.20. The van der Waals surface area contributed by atoms with Gasteiger partial charge in [-0.25, -0.2) is 4.98 Å². The molecule has 5 heteroatoms. The fourth-order valence-electron chi connectivity index (χ4n) is 2.99. The predicted molar refractivity (Wildman–Crippen MR) is 97.8 cm³/mol. The summed E-state index contributed by atoms with van der Waals surface area (Å²) in [5, 5.41) is 10.8. The average molecular weight is 352 g/mol.